The van der Waals surface area contributed by atoms with Crippen molar-refractivity contribution in [2.45, 2.75) is 46.6 Å². The number of hydrogen-bond acceptors (Lipinski definition) is 5. The second-order valence-corrected chi connectivity index (χ2v) is 8.32. The Morgan fingerprint density at radius 3 is 2.65 bits per heavy atom. The van der Waals surface area contributed by atoms with Crippen molar-refractivity contribution < 1.29 is 10.1 Å². The van der Waals surface area contributed by atoms with Gasteiger partial charge in [0.15, 0.2) is 5.75 Å². The van der Waals surface area contributed by atoms with Crippen LogP contribution in [0, 0.1) is 6.92 Å². The molecule has 31 heavy (non-hydrogen) atoms. The molecule has 0 aliphatic heterocycles. The zero-order valence-corrected chi connectivity index (χ0v) is 18.8. The van der Waals surface area contributed by atoms with Gasteiger partial charge < -0.3 is 20.1 Å². The van der Waals surface area contributed by atoms with Crippen LogP contribution in [0.2, 0.25) is 0 Å². The molecule has 6 heteroatoms. The van der Waals surface area contributed by atoms with Crippen molar-refractivity contribution in [1.29, 1.82) is 0 Å². The molecule has 0 amide bonds. The molecule has 0 saturated carbocycles. The summed E-state index contributed by atoms with van der Waals surface area (Å²) in [4.78, 5) is 15.1. The highest BCUT2D eigenvalue weighted by Crippen LogP contribution is 2.36. The summed E-state index contributed by atoms with van der Waals surface area (Å²) in [5, 5.41) is 17.1. The van der Waals surface area contributed by atoms with E-state index in [-0.39, 0.29) is 0 Å². The lowest BCUT2D eigenvalue weighted by Gasteiger charge is -2.20. The maximum atomic E-state index is 9.08. The molecule has 3 N–H and O–H groups in total. The highest BCUT2D eigenvalue weighted by atomic mass is 17.1. The van der Waals surface area contributed by atoms with E-state index in [1.807, 2.05) is 18.3 Å². The fourth-order valence-corrected chi connectivity index (χ4v) is 4.50. The van der Waals surface area contributed by atoms with Gasteiger partial charge in [-0.2, -0.15) is 0 Å². The molecule has 2 heterocycles. The molecule has 6 nitrogen and oxygen atoms in total. The van der Waals surface area contributed by atoms with Gasteiger partial charge in [-0.15, -0.1) is 0 Å². The first-order valence-electron chi connectivity index (χ1n) is 11.2. The Kier molecular flexibility index (Phi) is 6.30. The van der Waals surface area contributed by atoms with Gasteiger partial charge in [-0.05, 0) is 87.6 Å². The van der Waals surface area contributed by atoms with E-state index in [4.69, 9.17) is 5.26 Å². The third-order valence-corrected chi connectivity index (χ3v) is 6.36. The molecule has 4 rings (SSSR count). The van der Waals surface area contributed by atoms with E-state index in [0.29, 0.717) is 11.8 Å². The van der Waals surface area contributed by atoms with Crippen molar-refractivity contribution in [3.05, 3.63) is 42.1 Å². The maximum Gasteiger partial charge on any atom is 0.165 e. The molecule has 1 unspecified atom stereocenters. The predicted octanol–water partition coefficient (Wildman–Crippen LogP) is 5.95. The Morgan fingerprint density at radius 2 is 1.90 bits per heavy atom. The van der Waals surface area contributed by atoms with Crippen LogP contribution in [0.4, 0.5) is 5.82 Å². The van der Waals surface area contributed by atoms with Crippen LogP contribution in [0.25, 0.3) is 32.6 Å². The number of nitrogens with one attached hydrogen (secondary N) is 2. The number of fused-ring (bicyclic) bond motifs is 4. The average molecular weight is 421 g/mol. The van der Waals surface area contributed by atoms with E-state index in [2.05, 4.69) is 64.9 Å². The number of anilines is 1. The Hall–Kier alpha value is -2.83. The molecule has 0 radical (unpaired) electrons. The minimum atomic E-state index is 0.335. The number of rotatable bonds is 9. The standard InChI is InChI=1S/C25H32N4O2/c1-5-29(6-2)13-7-8-16(3)27-25-22-15-21-20-14-18(31-30)9-10-23(20)28-24(21)17(4)19(22)11-12-26-25/h9-12,14-16,28,30H,5-8,13H2,1-4H3,(H,26,27). The largest absolute Gasteiger partial charge is 0.367 e. The molecule has 2 aromatic heterocycles. The van der Waals surface area contributed by atoms with Gasteiger partial charge >= 0.3 is 0 Å². The van der Waals surface area contributed by atoms with Crippen LogP contribution in [-0.2, 0) is 0 Å². The summed E-state index contributed by atoms with van der Waals surface area (Å²) in [6.45, 7) is 12.1. The Bertz CT molecular complexity index is 1200. The van der Waals surface area contributed by atoms with Gasteiger partial charge in [0.2, 0.25) is 0 Å². The van der Waals surface area contributed by atoms with E-state index < -0.39 is 0 Å². The first kappa shape index (κ1) is 21.4. The summed E-state index contributed by atoms with van der Waals surface area (Å²) >= 11 is 0. The summed E-state index contributed by atoms with van der Waals surface area (Å²) in [6.07, 6.45) is 4.14. The second-order valence-electron chi connectivity index (χ2n) is 8.32. The lowest BCUT2D eigenvalue weighted by molar-refractivity contribution is -0.137. The van der Waals surface area contributed by atoms with E-state index in [1.165, 1.54) is 10.9 Å². The van der Waals surface area contributed by atoms with Gasteiger partial charge in [0.1, 0.15) is 5.82 Å². The van der Waals surface area contributed by atoms with Crippen molar-refractivity contribution in [3.63, 3.8) is 0 Å². The molecule has 1 atom stereocenters. The highest BCUT2D eigenvalue weighted by Gasteiger charge is 2.14. The fraction of sp³-hybridized carbons (Fsp3) is 0.400. The van der Waals surface area contributed by atoms with E-state index in [9.17, 15) is 0 Å². The summed E-state index contributed by atoms with van der Waals surface area (Å²) in [5.74, 6) is 1.35. The van der Waals surface area contributed by atoms with Crippen molar-refractivity contribution in [2.24, 2.45) is 0 Å². The molecule has 4 aromatic rings. The van der Waals surface area contributed by atoms with Gasteiger partial charge in [-0.3, -0.25) is 0 Å². The van der Waals surface area contributed by atoms with E-state index in [0.717, 1.165) is 65.5 Å². The molecule has 0 spiro atoms. The van der Waals surface area contributed by atoms with E-state index >= 15 is 0 Å². The SMILES string of the molecule is CCN(CC)CCCC(C)Nc1nccc2c(C)c3[nH]c4ccc(OO)cc4c3cc12. The normalized spacial score (nSPS) is 12.8. The van der Waals surface area contributed by atoms with Crippen LogP contribution in [0.15, 0.2) is 36.5 Å². The molecule has 0 aliphatic rings. The zero-order valence-electron chi connectivity index (χ0n) is 18.8. The first-order chi connectivity index (χ1) is 15.0. The molecular weight excluding hydrogens is 388 g/mol. The lowest BCUT2D eigenvalue weighted by Crippen LogP contribution is -2.25. The van der Waals surface area contributed by atoms with Crippen LogP contribution >= 0.6 is 0 Å². The van der Waals surface area contributed by atoms with Crippen molar-refractivity contribution in [1.82, 2.24) is 14.9 Å². The van der Waals surface area contributed by atoms with Gasteiger partial charge in [0, 0.05) is 33.9 Å². The minimum Gasteiger partial charge on any atom is -0.367 e. The van der Waals surface area contributed by atoms with Crippen LogP contribution in [0.3, 0.4) is 0 Å². The number of aryl methyl sites for hydroxylation is 1. The van der Waals surface area contributed by atoms with Crippen LogP contribution in [0.5, 0.6) is 5.75 Å². The Labute approximate surface area is 183 Å². The van der Waals surface area contributed by atoms with Crippen LogP contribution in [0.1, 0.15) is 39.2 Å². The molecular formula is C25H32N4O2. The first-order valence-corrected chi connectivity index (χ1v) is 11.2. The number of pyridine rings is 1. The summed E-state index contributed by atoms with van der Waals surface area (Å²) < 4.78 is 0. The third kappa shape index (κ3) is 4.18. The molecule has 0 saturated heterocycles. The summed E-state index contributed by atoms with van der Waals surface area (Å²) in [7, 11) is 0. The average Bonchev–Trinajstić information content (AvgIpc) is 3.15. The number of benzene rings is 2. The fourth-order valence-electron chi connectivity index (χ4n) is 4.50. The van der Waals surface area contributed by atoms with Gasteiger partial charge in [-0.25, -0.2) is 10.2 Å². The molecule has 0 aliphatic carbocycles. The smallest absolute Gasteiger partial charge is 0.165 e. The Morgan fingerprint density at radius 1 is 1.10 bits per heavy atom. The van der Waals surface area contributed by atoms with E-state index in [1.54, 1.807) is 6.07 Å². The van der Waals surface area contributed by atoms with Crippen molar-refractivity contribution in [2.75, 3.05) is 25.0 Å². The van der Waals surface area contributed by atoms with Gasteiger partial charge in [0.25, 0.3) is 0 Å². The quantitative estimate of drug-likeness (QED) is 0.230. The van der Waals surface area contributed by atoms with Crippen molar-refractivity contribution >= 4 is 38.4 Å². The predicted molar refractivity (Wildman–Crippen MR) is 129 cm³/mol. The number of hydrogen-bond donors (Lipinski definition) is 3. The third-order valence-electron chi connectivity index (χ3n) is 6.36. The summed E-state index contributed by atoms with van der Waals surface area (Å²) in [6, 6.07) is 10.1. The molecule has 0 fully saturated rings. The monoisotopic (exact) mass is 420 g/mol. The maximum absolute atomic E-state index is 9.08. The Balaban J connectivity index is 1.68. The minimum absolute atomic E-state index is 0.335. The second kappa shape index (κ2) is 9.12. The zero-order chi connectivity index (χ0) is 22.0. The van der Waals surface area contributed by atoms with Crippen molar-refractivity contribution in [3.8, 4) is 5.75 Å². The number of aromatic amines is 1. The number of nitrogens with zero attached hydrogens (tertiary/aromatic N) is 2. The topological polar surface area (TPSA) is 73.4 Å². The molecule has 0 bridgehead atoms. The lowest BCUT2D eigenvalue weighted by atomic mass is 10.0. The molecule has 164 valence electrons. The van der Waals surface area contributed by atoms with Crippen LogP contribution in [-0.4, -0.2) is 45.8 Å². The highest BCUT2D eigenvalue weighted by molar-refractivity contribution is 6.15. The van der Waals surface area contributed by atoms with Gasteiger partial charge in [0.05, 0.1) is 5.52 Å². The van der Waals surface area contributed by atoms with Crippen LogP contribution < -0.4 is 10.2 Å². The number of H-pyrrole nitrogens is 1. The summed E-state index contributed by atoms with van der Waals surface area (Å²) in [5.41, 5.74) is 3.30. The molecule has 2 aromatic carbocycles. The van der Waals surface area contributed by atoms with Gasteiger partial charge in [-0.1, -0.05) is 13.8 Å². The number of aromatic nitrogens is 2.